The van der Waals surface area contributed by atoms with Crippen LogP contribution in [0.5, 0.6) is 0 Å². The second-order valence-electron chi connectivity index (χ2n) is 6.42. The number of nitrogens with one attached hydrogen (secondary N) is 1. The first-order valence-corrected chi connectivity index (χ1v) is 10.4. The molecule has 0 aliphatic rings. The second kappa shape index (κ2) is 11.6. The van der Waals surface area contributed by atoms with Crippen LogP contribution in [0.1, 0.15) is 77.4 Å². The number of rotatable bonds is 4. The molecule has 0 aliphatic carbocycles. The van der Waals surface area contributed by atoms with Crippen molar-refractivity contribution in [2.75, 3.05) is 0 Å². The highest BCUT2D eigenvalue weighted by Crippen LogP contribution is 2.23. The van der Waals surface area contributed by atoms with Crippen molar-refractivity contribution < 1.29 is 0 Å². The highest BCUT2D eigenvalue weighted by Gasteiger charge is 2.06. The summed E-state index contributed by atoms with van der Waals surface area (Å²) in [6, 6.07) is 12.5. The van der Waals surface area contributed by atoms with Crippen molar-refractivity contribution in [2.24, 2.45) is 0 Å². The van der Waals surface area contributed by atoms with E-state index in [1.54, 1.807) is 11.3 Å². The molecular formula is C22H33N3S. The molecule has 3 rings (SSSR count). The summed E-state index contributed by atoms with van der Waals surface area (Å²) in [6.45, 7) is 14.8. The maximum absolute atomic E-state index is 4.52. The molecule has 0 unspecified atom stereocenters. The van der Waals surface area contributed by atoms with Gasteiger partial charge in [-0.25, -0.2) is 4.98 Å². The minimum atomic E-state index is 0.527. The van der Waals surface area contributed by atoms with Crippen molar-refractivity contribution in [1.82, 2.24) is 15.2 Å². The van der Waals surface area contributed by atoms with E-state index in [0.717, 1.165) is 17.1 Å². The van der Waals surface area contributed by atoms with E-state index in [0.29, 0.717) is 11.8 Å². The Morgan fingerprint density at radius 3 is 2.08 bits per heavy atom. The van der Waals surface area contributed by atoms with Gasteiger partial charge in [-0.2, -0.15) is 5.10 Å². The minimum Gasteiger partial charge on any atom is -0.282 e. The van der Waals surface area contributed by atoms with Crippen LogP contribution in [-0.2, 0) is 6.42 Å². The summed E-state index contributed by atoms with van der Waals surface area (Å²) in [5.41, 5.74) is 4.79. The standard InChI is InChI=1S/C11H11NS.C9H16N2.C2H6/c1-2-10-8-13-11(12-10)9-6-4-3-5-7-9;1-6(2)8-5-9(7(3)4)11-10-8;1-2/h3-8H,2H2,1H3;5-7H,1-4H3,(H,10,11);1-2H3. The van der Waals surface area contributed by atoms with E-state index in [9.17, 15) is 0 Å². The van der Waals surface area contributed by atoms with Gasteiger partial charge in [-0.3, -0.25) is 5.10 Å². The molecule has 0 saturated carbocycles. The van der Waals surface area contributed by atoms with Gasteiger partial charge in [0.15, 0.2) is 0 Å². The monoisotopic (exact) mass is 371 g/mol. The van der Waals surface area contributed by atoms with Crippen LogP contribution < -0.4 is 0 Å². The summed E-state index contributed by atoms with van der Waals surface area (Å²) in [6.07, 6.45) is 1.02. The summed E-state index contributed by atoms with van der Waals surface area (Å²) in [4.78, 5) is 4.52. The summed E-state index contributed by atoms with van der Waals surface area (Å²) < 4.78 is 0. The van der Waals surface area contributed by atoms with E-state index in [4.69, 9.17) is 0 Å². The van der Waals surface area contributed by atoms with Gasteiger partial charge < -0.3 is 0 Å². The quantitative estimate of drug-likeness (QED) is 0.533. The lowest BCUT2D eigenvalue weighted by Crippen LogP contribution is -1.85. The zero-order valence-corrected chi connectivity index (χ0v) is 18.0. The molecule has 26 heavy (non-hydrogen) atoms. The SMILES string of the molecule is CC.CC(C)c1cc(C(C)C)[nH]n1.CCc1csc(-c2ccccc2)n1. The molecule has 2 aromatic heterocycles. The maximum atomic E-state index is 4.52. The van der Waals surface area contributed by atoms with Gasteiger partial charge >= 0.3 is 0 Å². The molecule has 1 aromatic carbocycles. The van der Waals surface area contributed by atoms with Crippen molar-refractivity contribution in [2.45, 2.75) is 66.7 Å². The van der Waals surface area contributed by atoms with Crippen LogP contribution >= 0.6 is 11.3 Å². The largest absolute Gasteiger partial charge is 0.282 e. The summed E-state index contributed by atoms with van der Waals surface area (Å²) in [5, 5.41) is 10.5. The van der Waals surface area contributed by atoms with Crippen LogP contribution in [0.4, 0.5) is 0 Å². The second-order valence-corrected chi connectivity index (χ2v) is 7.28. The fourth-order valence-corrected chi connectivity index (χ4v) is 3.04. The van der Waals surface area contributed by atoms with Gasteiger partial charge in [0, 0.05) is 16.6 Å². The number of hydrogen-bond donors (Lipinski definition) is 1. The van der Waals surface area contributed by atoms with Crippen LogP contribution in [-0.4, -0.2) is 15.2 Å². The lowest BCUT2D eigenvalue weighted by atomic mass is 10.1. The molecule has 0 bridgehead atoms. The van der Waals surface area contributed by atoms with Gasteiger partial charge in [0.05, 0.1) is 11.4 Å². The van der Waals surface area contributed by atoms with E-state index in [2.05, 4.69) is 73.4 Å². The van der Waals surface area contributed by atoms with Crippen LogP contribution in [0.25, 0.3) is 10.6 Å². The van der Waals surface area contributed by atoms with Gasteiger partial charge in [-0.05, 0) is 24.3 Å². The Morgan fingerprint density at radius 2 is 1.65 bits per heavy atom. The molecule has 3 aromatic rings. The number of nitrogens with zero attached hydrogens (tertiary/aromatic N) is 2. The highest BCUT2D eigenvalue weighted by molar-refractivity contribution is 7.13. The first kappa shape index (κ1) is 22.1. The van der Waals surface area contributed by atoms with E-state index >= 15 is 0 Å². The Bertz CT molecular complexity index is 704. The number of H-pyrrole nitrogens is 1. The number of benzene rings is 1. The average Bonchev–Trinajstić information content (AvgIpc) is 3.34. The molecular weight excluding hydrogens is 338 g/mol. The highest BCUT2D eigenvalue weighted by atomic mass is 32.1. The first-order chi connectivity index (χ1) is 12.5. The van der Waals surface area contributed by atoms with E-state index < -0.39 is 0 Å². The van der Waals surface area contributed by atoms with Crippen molar-refractivity contribution in [3.8, 4) is 10.6 Å². The lowest BCUT2D eigenvalue weighted by molar-refractivity contribution is 0.791. The third-order valence-corrected chi connectivity index (χ3v) is 4.71. The van der Waals surface area contributed by atoms with Gasteiger partial charge in [-0.1, -0.05) is 78.8 Å². The Labute approximate surface area is 162 Å². The molecule has 1 N–H and O–H groups in total. The molecule has 2 heterocycles. The number of aromatic nitrogens is 3. The third-order valence-electron chi connectivity index (χ3n) is 3.77. The zero-order chi connectivity index (χ0) is 19.5. The fourth-order valence-electron chi connectivity index (χ4n) is 2.13. The van der Waals surface area contributed by atoms with Crippen molar-refractivity contribution in [3.05, 3.63) is 58.9 Å². The predicted octanol–water partition coefficient (Wildman–Crippen LogP) is 7.06. The normalized spacial score (nSPS) is 10.2. The number of aromatic amines is 1. The molecule has 3 nitrogen and oxygen atoms in total. The summed E-state index contributed by atoms with van der Waals surface area (Å²) >= 11 is 1.72. The number of aryl methyl sites for hydroxylation is 1. The lowest BCUT2D eigenvalue weighted by Gasteiger charge is -1.97. The van der Waals surface area contributed by atoms with Crippen molar-refractivity contribution in [3.63, 3.8) is 0 Å². The Morgan fingerprint density at radius 1 is 1.00 bits per heavy atom. The molecule has 0 atom stereocenters. The van der Waals surface area contributed by atoms with Crippen molar-refractivity contribution in [1.29, 1.82) is 0 Å². The fraction of sp³-hybridized carbons (Fsp3) is 0.455. The number of thiazole rings is 1. The van der Waals surface area contributed by atoms with E-state index in [1.807, 2.05) is 32.0 Å². The topological polar surface area (TPSA) is 41.6 Å². The Kier molecular flexibility index (Phi) is 9.89. The Hall–Kier alpha value is -1.94. The van der Waals surface area contributed by atoms with Crippen LogP contribution in [0.15, 0.2) is 41.8 Å². The molecule has 0 saturated heterocycles. The smallest absolute Gasteiger partial charge is 0.123 e. The molecule has 0 aliphatic heterocycles. The van der Waals surface area contributed by atoms with Gasteiger partial charge in [0.2, 0.25) is 0 Å². The molecule has 0 amide bonds. The van der Waals surface area contributed by atoms with Gasteiger partial charge in [0.1, 0.15) is 5.01 Å². The van der Waals surface area contributed by atoms with Gasteiger partial charge in [0.25, 0.3) is 0 Å². The average molecular weight is 372 g/mol. The van der Waals surface area contributed by atoms with E-state index in [-0.39, 0.29) is 0 Å². The molecule has 4 heteroatoms. The Balaban J connectivity index is 0.000000241. The molecule has 142 valence electrons. The summed E-state index contributed by atoms with van der Waals surface area (Å²) in [5.74, 6) is 1.08. The molecule has 0 spiro atoms. The maximum Gasteiger partial charge on any atom is 0.123 e. The van der Waals surface area contributed by atoms with Crippen LogP contribution in [0.3, 0.4) is 0 Å². The van der Waals surface area contributed by atoms with Gasteiger partial charge in [-0.15, -0.1) is 11.3 Å². The first-order valence-electron chi connectivity index (χ1n) is 9.56. The van der Waals surface area contributed by atoms with Crippen LogP contribution in [0, 0.1) is 0 Å². The van der Waals surface area contributed by atoms with Crippen molar-refractivity contribution >= 4 is 11.3 Å². The predicted molar refractivity (Wildman–Crippen MR) is 115 cm³/mol. The minimum absolute atomic E-state index is 0.527. The zero-order valence-electron chi connectivity index (χ0n) is 17.2. The molecule has 0 radical (unpaired) electrons. The third kappa shape index (κ3) is 6.75. The van der Waals surface area contributed by atoms with Crippen LogP contribution in [0.2, 0.25) is 0 Å². The van der Waals surface area contributed by atoms with E-state index in [1.165, 1.54) is 17.0 Å². The number of hydrogen-bond acceptors (Lipinski definition) is 3. The summed E-state index contributed by atoms with van der Waals surface area (Å²) in [7, 11) is 0. The molecule has 0 fully saturated rings.